The van der Waals surface area contributed by atoms with E-state index in [9.17, 15) is 4.79 Å². The number of hydrogen-bond donors (Lipinski definition) is 2. The third-order valence-electron chi connectivity index (χ3n) is 2.96. The van der Waals surface area contributed by atoms with Gasteiger partial charge in [0.2, 0.25) is 0 Å². The van der Waals surface area contributed by atoms with Crippen LogP contribution in [0.15, 0.2) is 12.3 Å². The average Bonchev–Trinajstić information content (AvgIpc) is 2.30. The number of piperazine rings is 1. The lowest BCUT2D eigenvalue weighted by atomic mass is 10.2. The number of rotatable bonds is 2. The van der Waals surface area contributed by atoms with Crippen LogP contribution in [0, 0.1) is 0 Å². The van der Waals surface area contributed by atoms with Crippen molar-refractivity contribution in [1.82, 2.24) is 9.88 Å². The van der Waals surface area contributed by atoms with Crippen molar-refractivity contribution in [3.63, 3.8) is 0 Å². The van der Waals surface area contributed by atoms with E-state index < -0.39 is 5.91 Å². The molecule has 1 saturated heterocycles. The van der Waals surface area contributed by atoms with Crippen LogP contribution in [0.4, 0.5) is 11.5 Å². The number of anilines is 2. The molecular weight excluding hydrogens is 218 g/mol. The van der Waals surface area contributed by atoms with Crippen molar-refractivity contribution in [2.24, 2.45) is 5.73 Å². The molecule has 4 N–H and O–H groups in total. The number of nitrogens with zero attached hydrogens (tertiary/aromatic N) is 3. The minimum absolute atomic E-state index is 0.398. The van der Waals surface area contributed by atoms with Gasteiger partial charge in [0.05, 0.1) is 17.4 Å². The lowest BCUT2D eigenvalue weighted by Crippen LogP contribution is -2.45. The first-order valence-electron chi connectivity index (χ1n) is 5.57. The molecule has 1 aliphatic heterocycles. The van der Waals surface area contributed by atoms with Crippen LogP contribution < -0.4 is 16.4 Å². The average molecular weight is 235 g/mol. The number of primary amides is 1. The van der Waals surface area contributed by atoms with E-state index in [1.807, 2.05) is 0 Å². The predicted octanol–water partition coefficient (Wildman–Crippen LogP) is -0.485. The predicted molar refractivity (Wildman–Crippen MR) is 66.9 cm³/mol. The Bertz CT molecular complexity index is 426. The van der Waals surface area contributed by atoms with Gasteiger partial charge in [0.1, 0.15) is 5.82 Å². The highest BCUT2D eigenvalue weighted by Crippen LogP contribution is 2.20. The van der Waals surface area contributed by atoms with E-state index in [-0.39, 0.29) is 0 Å². The highest BCUT2D eigenvalue weighted by molar-refractivity contribution is 5.98. The van der Waals surface area contributed by atoms with Crippen molar-refractivity contribution in [2.75, 3.05) is 43.9 Å². The summed E-state index contributed by atoms with van der Waals surface area (Å²) in [5.74, 6) is 0.151. The minimum Gasteiger partial charge on any atom is -0.397 e. The normalized spacial score (nSPS) is 17.1. The van der Waals surface area contributed by atoms with Crippen molar-refractivity contribution >= 4 is 17.4 Å². The van der Waals surface area contributed by atoms with E-state index in [0.29, 0.717) is 17.1 Å². The zero-order chi connectivity index (χ0) is 12.4. The fourth-order valence-electron chi connectivity index (χ4n) is 1.93. The van der Waals surface area contributed by atoms with Crippen molar-refractivity contribution in [3.05, 3.63) is 17.8 Å². The number of hydrogen-bond acceptors (Lipinski definition) is 5. The number of nitrogen functional groups attached to an aromatic ring is 1. The van der Waals surface area contributed by atoms with Crippen LogP contribution in [0.3, 0.4) is 0 Å². The zero-order valence-electron chi connectivity index (χ0n) is 9.89. The standard InChI is InChI=1S/C11H17N5O/c1-15-2-4-16(5-3-15)11-9(10(13)17)6-8(12)7-14-11/h6-7H,2-5,12H2,1H3,(H2,13,17). The van der Waals surface area contributed by atoms with Crippen LogP contribution in [0.5, 0.6) is 0 Å². The van der Waals surface area contributed by atoms with Crippen LogP contribution in [-0.2, 0) is 0 Å². The van der Waals surface area contributed by atoms with Crippen molar-refractivity contribution in [1.29, 1.82) is 0 Å². The molecule has 0 aliphatic carbocycles. The first-order chi connectivity index (χ1) is 8.08. The molecule has 17 heavy (non-hydrogen) atoms. The Balaban J connectivity index is 2.28. The molecule has 6 heteroatoms. The number of carbonyl (C=O) groups is 1. The molecule has 1 aliphatic rings. The number of carbonyl (C=O) groups excluding carboxylic acids is 1. The van der Waals surface area contributed by atoms with Crippen molar-refractivity contribution < 1.29 is 4.79 Å². The summed E-state index contributed by atoms with van der Waals surface area (Å²) in [6.07, 6.45) is 1.56. The molecule has 0 radical (unpaired) electrons. The van der Waals surface area contributed by atoms with Gasteiger partial charge in [-0.15, -0.1) is 0 Å². The van der Waals surface area contributed by atoms with E-state index >= 15 is 0 Å². The van der Waals surface area contributed by atoms with Gasteiger partial charge in [0, 0.05) is 26.2 Å². The minimum atomic E-state index is -0.487. The summed E-state index contributed by atoms with van der Waals surface area (Å²) >= 11 is 0. The van der Waals surface area contributed by atoms with Gasteiger partial charge in [-0.1, -0.05) is 0 Å². The van der Waals surface area contributed by atoms with E-state index in [2.05, 4.69) is 21.8 Å². The number of likely N-dealkylation sites (N-methyl/N-ethyl adjacent to an activating group) is 1. The van der Waals surface area contributed by atoms with Gasteiger partial charge in [-0.25, -0.2) is 4.98 Å². The van der Waals surface area contributed by atoms with Gasteiger partial charge in [-0.05, 0) is 13.1 Å². The molecule has 2 rings (SSSR count). The van der Waals surface area contributed by atoms with Crippen LogP contribution in [0.25, 0.3) is 0 Å². The van der Waals surface area contributed by atoms with Gasteiger partial charge in [0.15, 0.2) is 0 Å². The van der Waals surface area contributed by atoms with Crippen LogP contribution in [0.2, 0.25) is 0 Å². The van der Waals surface area contributed by atoms with Crippen LogP contribution in [0.1, 0.15) is 10.4 Å². The first-order valence-corrected chi connectivity index (χ1v) is 5.57. The summed E-state index contributed by atoms with van der Waals surface area (Å²) in [4.78, 5) is 19.9. The summed E-state index contributed by atoms with van der Waals surface area (Å²) in [5, 5.41) is 0. The quantitative estimate of drug-likeness (QED) is 0.722. The molecule has 0 spiro atoms. The topological polar surface area (TPSA) is 88.5 Å². The molecular formula is C11H17N5O. The molecule has 92 valence electrons. The summed E-state index contributed by atoms with van der Waals surface area (Å²) in [7, 11) is 2.07. The third-order valence-corrected chi connectivity index (χ3v) is 2.96. The third kappa shape index (κ3) is 2.47. The Labute approximate surface area is 100 Å². The maximum absolute atomic E-state index is 11.4. The molecule has 1 amide bonds. The van der Waals surface area contributed by atoms with E-state index in [1.165, 1.54) is 0 Å². The summed E-state index contributed by atoms with van der Waals surface area (Å²) in [6.45, 7) is 3.58. The van der Waals surface area contributed by atoms with Gasteiger partial charge in [-0.2, -0.15) is 0 Å². The molecule has 0 saturated carbocycles. The smallest absolute Gasteiger partial charge is 0.252 e. The molecule has 1 fully saturated rings. The van der Waals surface area contributed by atoms with Gasteiger partial charge < -0.3 is 21.3 Å². The fraction of sp³-hybridized carbons (Fsp3) is 0.455. The Hall–Kier alpha value is -1.82. The van der Waals surface area contributed by atoms with E-state index in [0.717, 1.165) is 26.2 Å². The first kappa shape index (κ1) is 11.7. The Morgan fingerprint density at radius 1 is 1.35 bits per heavy atom. The molecule has 2 heterocycles. The molecule has 0 bridgehead atoms. The van der Waals surface area contributed by atoms with Crippen LogP contribution >= 0.6 is 0 Å². The van der Waals surface area contributed by atoms with Gasteiger partial charge >= 0.3 is 0 Å². The lowest BCUT2D eigenvalue weighted by Gasteiger charge is -2.33. The number of aromatic nitrogens is 1. The second-order valence-corrected chi connectivity index (χ2v) is 4.29. The molecule has 1 aromatic rings. The number of pyridine rings is 1. The van der Waals surface area contributed by atoms with E-state index in [1.54, 1.807) is 12.3 Å². The maximum Gasteiger partial charge on any atom is 0.252 e. The maximum atomic E-state index is 11.4. The number of nitrogens with two attached hydrogens (primary N) is 2. The van der Waals surface area contributed by atoms with E-state index in [4.69, 9.17) is 11.5 Å². The van der Waals surface area contributed by atoms with Gasteiger partial charge in [0.25, 0.3) is 5.91 Å². The zero-order valence-corrected chi connectivity index (χ0v) is 9.89. The fourth-order valence-corrected chi connectivity index (χ4v) is 1.93. The molecule has 6 nitrogen and oxygen atoms in total. The lowest BCUT2D eigenvalue weighted by molar-refractivity contribution is 0.100. The molecule has 0 atom stereocenters. The Morgan fingerprint density at radius 3 is 2.59 bits per heavy atom. The Kier molecular flexibility index (Phi) is 3.14. The summed E-state index contributed by atoms with van der Waals surface area (Å²) in [6, 6.07) is 1.59. The van der Waals surface area contributed by atoms with Crippen molar-refractivity contribution in [2.45, 2.75) is 0 Å². The van der Waals surface area contributed by atoms with Crippen LogP contribution in [-0.4, -0.2) is 49.0 Å². The number of amides is 1. The molecule has 0 aromatic carbocycles. The SMILES string of the molecule is CN1CCN(c2ncc(N)cc2C(N)=O)CC1. The highest BCUT2D eigenvalue weighted by Gasteiger charge is 2.20. The monoisotopic (exact) mass is 235 g/mol. The second kappa shape index (κ2) is 4.58. The Morgan fingerprint density at radius 2 is 2.00 bits per heavy atom. The van der Waals surface area contributed by atoms with Crippen molar-refractivity contribution in [3.8, 4) is 0 Å². The second-order valence-electron chi connectivity index (χ2n) is 4.29. The largest absolute Gasteiger partial charge is 0.397 e. The highest BCUT2D eigenvalue weighted by atomic mass is 16.1. The summed E-state index contributed by atoms with van der Waals surface area (Å²) < 4.78 is 0. The molecule has 1 aromatic heterocycles. The van der Waals surface area contributed by atoms with Gasteiger partial charge in [-0.3, -0.25) is 4.79 Å². The summed E-state index contributed by atoms with van der Waals surface area (Å²) in [5.41, 5.74) is 11.8. The molecule has 0 unspecified atom stereocenters.